The summed E-state index contributed by atoms with van der Waals surface area (Å²) in [6.07, 6.45) is 4.16. The number of pyridine rings is 1. The van der Waals surface area contributed by atoms with Crippen molar-refractivity contribution in [2.24, 2.45) is 5.92 Å². The molecule has 1 aromatic carbocycles. The highest BCUT2D eigenvalue weighted by Gasteiger charge is 2.33. The van der Waals surface area contributed by atoms with Crippen LogP contribution >= 0.6 is 11.6 Å². The normalized spacial score (nSPS) is 18.4. The van der Waals surface area contributed by atoms with Gasteiger partial charge in [0.1, 0.15) is 4.90 Å². The molecule has 0 radical (unpaired) electrons. The van der Waals surface area contributed by atoms with E-state index in [1.54, 1.807) is 12.1 Å². The van der Waals surface area contributed by atoms with Crippen molar-refractivity contribution in [2.75, 3.05) is 13.1 Å². The van der Waals surface area contributed by atoms with Crippen LogP contribution in [0.2, 0.25) is 5.02 Å². The molecular weight excluding hydrogens is 374 g/mol. The maximum absolute atomic E-state index is 12.7. The molecule has 0 aliphatic carbocycles. The van der Waals surface area contributed by atoms with E-state index in [0.717, 1.165) is 5.56 Å². The number of benzene rings is 1. The number of nitrogens with zero attached hydrogens (tertiary/aromatic N) is 2. The first-order chi connectivity index (χ1) is 12.5. The summed E-state index contributed by atoms with van der Waals surface area (Å²) in [7, 11) is -3.63. The number of carbonyl (C=O) groups is 1. The summed E-state index contributed by atoms with van der Waals surface area (Å²) >= 11 is 6.10. The van der Waals surface area contributed by atoms with E-state index in [0.29, 0.717) is 31.0 Å². The minimum atomic E-state index is -3.63. The van der Waals surface area contributed by atoms with Gasteiger partial charge in [0.15, 0.2) is 0 Å². The second-order valence-electron chi connectivity index (χ2n) is 6.20. The van der Waals surface area contributed by atoms with Gasteiger partial charge in [0.2, 0.25) is 15.9 Å². The molecule has 8 heteroatoms. The SMILES string of the molecule is O=C(NCc1ccccc1Cl)C1CCCN(S(=O)(=O)c2cccnc2)C1. The van der Waals surface area contributed by atoms with Crippen molar-refractivity contribution in [3.8, 4) is 0 Å². The molecule has 1 unspecified atom stereocenters. The zero-order valence-electron chi connectivity index (χ0n) is 14.1. The molecular formula is C18H20ClN3O3S. The van der Waals surface area contributed by atoms with E-state index in [4.69, 9.17) is 11.6 Å². The monoisotopic (exact) mass is 393 g/mol. The molecule has 0 bridgehead atoms. The molecule has 2 heterocycles. The van der Waals surface area contributed by atoms with Gasteiger partial charge in [-0.05, 0) is 36.6 Å². The molecule has 6 nitrogen and oxygen atoms in total. The molecule has 138 valence electrons. The predicted octanol–water partition coefficient (Wildman–Crippen LogP) is 2.45. The Hall–Kier alpha value is -1.96. The van der Waals surface area contributed by atoms with Crippen molar-refractivity contribution < 1.29 is 13.2 Å². The summed E-state index contributed by atoms with van der Waals surface area (Å²) in [6.45, 7) is 0.904. The van der Waals surface area contributed by atoms with E-state index >= 15 is 0 Å². The third kappa shape index (κ3) is 4.23. The maximum atomic E-state index is 12.7. The molecule has 1 N–H and O–H groups in total. The molecule has 1 saturated heterocycles. The minimum Gasteiger partial charge on any atom is -0.352 e. The van der Waals surface area contributed by atoms with E-state index in [-0.39, 0.29) is 23.3 Å². The van der Waals surface area contributed by atoms with Crippen LogP contribution in [0.3, 0.4) is 0 Å². The summed E-state index contributed by atoms with van der Waals surface area (Å²) < 4.78 is 26.8. The number of rotatable bonds is 5. The van der Waals surface area contributed by atoms with Crippen molar-refractivity contribution in [3.05, 3.63) is 59.4 Å². The van der Waals surface area contributed by atoms with Crippen molar-refractivity contribution in [1.29, 1.82) is 0 Å². The van der Waals surface area contributed by atoms with Crippen LogP contribution < -0.4 is 5.32 Å². The summed E-state index contributed by atoms with van der Waals surface area (Å²) in [5.41, 5.74) is 0.832. The Kier molecular flexibility index (Phi) is 5.90. The molecule has 0 spiro atoms. The van der Waals surface area contributed by atoms with Gasteiger partial charge in [0, 0.05) is 37.1 Å². The van der Waals surface area contributed by atoms with Gasteiger partial charge in [0.25, 0.3) is 0 Å². The molecule has 26 heavy (non-hydrogen) atoms. The number of carbonyl (C=O) groups excluding carboxylic acids is 1. The summed E-state index contributed by atoms with van der Waals surface area (Å²) in [5, 5.41) is 3.46. The number of aromatic nitrogens is 1. The molecule has 1 aliphatic rings. The fraction of sp³-hybridized carbons (Fsp3) is 0.333. The third-order valence-corrected chi connectivity index (χ3v) is 6.66. The van der Waals surface area contributed by atoms with Crippen LogP contribution in [0.5, 0.6) is 0 Å². The van der Waals surface area contributed by atoms with Crippen LogP contribution in [0.4, 0.5) is 0 Å². The number of sulfonamides is 1. The van der Waals surface area contributed by atoms with Gasteiger partial charge in [0.05, 0.1) is 5.92 Å². The summed E-state index contributed by atoms with van der Waals surface area (Å²) in [5.74, 6) is -0.534. The van der Waals surface area contributed by atoms with Crippen molar-refractivity contribution in [1.82, 2.24) is 14.6 Å². The Labute approximate surface area is 158 Å². The summed E-state index contributed by atoms with van der Waals surface area (Å²) in [4.78, 5) is 16.5. The largest absolute Gasteiger partial charge is 0.352 e. The van der Waals surface area contributed by atoms with Gasteiger partial charge >= 0.3 is 0 Å². The van der Waals surface area contributed by atoms with E-state index in [1.165, 1.54) is 22.8 Å². The first-order valence-corrected chi connectivity index (χ1v) is 10.2. The molecule has 1 aliphatic heterocycles. The zero-order chi connectivity index (χ0) is 18.6. The predicted molar refractivity (Wildman–Crippen MR) is 99.0 cm³/mol. The van der Waals surface area contributed by atoms with Crippen LogP contribution in [-0.2, 0) is 21.4 Å². The Morgan fingerprint density at radius 2 is 2.08 bits per heavy atom. The van der Waals surface area contributed by atoms with Gasteiger partial charge in [-0.25, -0.2) is 8.42 Å². The van der Waals surface area contributed by atoms with Crippen LogP contribution in [0.25, 0.3) is 0 Å². The number of piperidine rings is 1. The second-order valence-corrected chi connectivity index (χ2v) is 8.55. The van der Waals surface area contributed by atoms with Crippen molar-refractivity contribution in [3.63, 3.8) is 0 Å². The van der Waals surface area contributed by atoms with Gasteiger partial charge in [-0.1, -0.05) is 29.8 Å². The number of hydrogen-bond acceptors (Lipinski definition) is 4. The Morgan fingerprint density at radius 1 is 1.27 bits per heavy atom. The Morgan fingerprint density at radius 3 is 2.81 bits per heavy atom. The van der Waals surface area contributed by atoms with Gasteiger partial charge in [-0.15, -0.1) is 0 Å². The molecule has 3 rings (SSSR count). The average Bonchev–Trinajstić information content (AvgIpc) is 2.68. The van der Waals surface area contributed by atoms with Crippen LogP contribution in [0, 0.1) is 5.92 Å². The van der Waals surface area contributed by atoms with Gasteiger partial charge in [-0.2, -0.15) is 4.31 Å². The molecule has 1 fully saturated rings. The highest BCUT2D eigenvalue weighted by atomic mass is 35.5. The Bertz CT molecular complexity index is 874. The van der Waals surface area contributed by atoms with Crippen LogP contribution in [0.15, 0.2) is 53.7 Å². The van der Waals surface area contributed by atoms with Crippen LogP contribution in [-0.4, -0.2) is 36.7 Å². The lowest BCUT2D eigenvalue weighted by molar-refractivity contribution is -0.126. The lowest BCUT2D eigenvalue weighted by Gasteiger charge is -2.31. The molecule has 0 saturated carbocycles. The summed E-state index contributed by atoms with van der Waals surface area (Å²) in [6, 6.07) is 10.4. The number of halogens is 1. The first kappa shape index (κ1) is 18.8. The van der Waals surface area contributed by atoms with Gasteiger partial charge in [-0.3, -0.25) is 9.78 Å². The van der Waals surface area contributed by atoms with E-state index in [2.05, 4.69) is 10.3 Å². The molecule has 2 aromatic rings. The van der Waals surface area contributed by atoms with E-state index in [9.17, 15) is 13.2 Å². The average molecular weight is 394 g/mol. The highest BCUT2D eigenvalue weighted by molar-refractivity contribution is 7.89. The Balaban J connectivity index is 1.65. The lowest BCUT2D eigenvalue weighted by Crippen LogP contribution is -2.45. The maximum Gasteiger partial charge on any atom is 0.244 e. The smallest absolute Gasteiger partial charge is 0.244 e. The molecule has 1 aromatic heterocycles. The van der Waals surface area contributed by atoms with Gasteiger partial charge < -0.3 is 5.32 Å². The minimum absolute atomic E-state index is 0.150. The lowest BCUT2D eigenvalue weighted by atomic mass is 9.99. The van der Waals surface area contributed by atoms with E-state index < -0.39 is 10.0 Å². The first-order valence-electron chi connectivity index (χ1n) is 8.40. The third-order valence-electron chi connectivity index (χ3n) is 4.44. The number of amides is 1. The van der Waals surface area contributed by atoms with Crippen LogP contribution in [0.1, 0.15) is 18.4 Å². The standard InChI is InChI=1S/C18H20ClN3O3S/c19-17-8-2-1-5-14(17)11-21-18(23)15-6-4-10-22(13-15)26(24,25)16-7-3-9-20-12-16/h1-3,5,7-9,12,15H,4,6,10-11,13H2,(H,21,23). The van der Waals surface area contributed by atoms with Crippen molar-refractivity contribution >= 4 is 27.5 Å². The van der Waals surface area contributed by atoms with Crippen molar-refractivity contribution in [2.45, 2.75) is 24.3 Å². The molecule has 1 atom stereocenters. The quantitative estimate of drug-likeness (QED) is 0.846. The fourth-order valence-corrected chi connectivity index (χ4v) is 4.68. The topological polar surface area (TPSA) is 79.4 Å². The highest BCUT2D eigenvalue weighted by Crippen LogP contribution is 2.23. The number of nitrogens with one attached hydrogen (secondary N) is 1. The zero-order valence-corrected chi connectivity index (χ0v) is 15.7. The second kappa shape index (κ2) is 8.16. The fourth-order valence-electron chi connectivity index (χ4n) is 2.99. The number of hydrogen-bond donors (Lipinski definition) is 1. The molecule has 1 amide bonds. The van der Waals surface area contributed by atoms with E-state index in [1.807, 2.05) is 18.2 Å².